The summed E-state index contributed by atoms with van der Waals surface area (Å²) in [6.07, 6.45) is 1.96. The lowest BCUT2D eigenvalue weighted by Crippen LogP contribution is -2.04. The van der Waals surface area contributed by atoms with E-state index in [1.54, 1.807) is 11.3 Å². The van der Waals surface area contributed by atoms with E-state index < -0.39 is 0 Å². The lowest BCUT2D eigenvalue weighted by molar-refractivity contribution is 0.835. The molecule has 5 heteroatoms. The summed E-state index contributed by atoms with van der Waals surface area (Å²) in [7, 11) is 1.90. The summed E-state index contributed by atoms with van der Waals surface area (Å²) in [5.74, 6) is 1.83. The van der Waals surface area contributed by atoms with Crippen LogP contribution in [0.15, 0.2) is 15.9 Å². The second kappa shape index (κ2) is 5.80. The van der Waals surface area contributed by atoms with Crippen LogP contribution in [0.25, 0.3) is 10.6 Å². The van der Waals surface area contributed by atoms with Gasteiger partial charge in [0.1, 0.15) is 11.6 Å². The maximum Gasteiger partial charge on any atom is 0.133 e. The topological polar surface area (TPSA) is 37.8 Å². The Labute approximate surface area is 120 Å². The largest absolute Gasteiger partial charge is 0.373 e. The van der Waals surface area contributed by atoms with Gasteiger partial charge < -0.3 is 5.32 Å². The van der Waals surface area contributed by atoms with Crippen molar-refractivity contribution in [3.05, 3.63) is 27.3 Å². The molecule has 0 aromatic carbocycles. The van der Waals surface area contributed by atoms with E-state index in [4.69, 9.17) is 4.98 Å². The molecule has 3 nitrogen and oxygen atoms in total. The van der Waals surface area contributed by atoms with Crippen molar-refractivity contribution < 1.29 is 0 Å². The monoisotopic (exact) mass is 325 g/mol. The van der Waals surface area contributed by atoms with E-state index in [0.29, 0.717) is 0 Å². The molecule has 0 spiro atoms. The maximum absolute atomic E-state index is 4.70. The summed E-state index contributed by atoms with van der Waals surface area (Å²) in [5.41, 5.74) is 2.13. The number of nitrogens with zero attached hydrogens (tertiary/aromatic N) is 2. The van der Waals surface area contributed by atoms with Gasteiger partial charge in [-0.3, -0.25) is 0 Å². The highest BCUT2D eigenvalue weighted by molar-refractivity contribution is 9.10. The van der Waals surface area contributed by atoms with E-state index in [1.165, 1.54) is 4.88 Å². The zero-order valence-electron chi connectivity index (χ0n) is 10.7. The third-order valence-corrected chi connectivity index (χ3v) is 4.58. The molecule has 2 aromatic rings. The predicted molar refractivity (Wildman–Crippen MR) is 81.3 cm³/mol. The molecule has 0 atom stereocenters. The van der Waals surface area contributed by atoms with Crippen molar-refractivity contribution in [3.8, 4) is 10.6 Å². The van der Waals surface area contributed by atoms with E-state index in [1.807, 2.05) is 7.05 Å². The molecule has 0 saturated heterocycles. The molecule has 0 bridgehead atoms. The summed E-state index contributed by atoms with van der Waals surface area (Å²) in [4.78, 5) is 10.4. The molecule has 0 aliphatic rings. The average molecular weight is 326 g/mol. The number of halogens is 1. The van der Waals surface area contributed by atoms with Gasteiger partial charge in [0.05, 0.1) is 10.6 Å². The molecule has 0 aliphatic heterocycles. The Bertz CT molecular complexity index is 551. The van der Waals surface area contributed by atoms with Gasteiger partial charge in [-0.15, -0.1) is 11.3 Å². The van der Waals surface area contributed by atoms with Crippen molar-refractivity contribution in [2.24, 2.45) is 0 Å². The van der Waals surface area contributed by atoms with Crippen LogP contribution in [0.3, 0.4) is 0 Å². The van der Waals surface area contributed by atoms with Gasteiger partial charge in [0.2, 0.25) is 0 Å². The molecular weight excluding hydrogens is 310 g/mol. The highest BCUT2D eigenvalue weighted by atomic mass is 79.9. The van der Waals surface area contributed by atoms with Gasteiger partial charge in [-0.2, -0.15) is 0 Å². The lowest BCUT2D eigenvalue weighted by atomic mass is 10.2. The minimum atomic E-state index is 0.905. The van der Waals surface area contributed by atoms with Crippen molar-refractivity contribution >= 4 is 33.1 Å². The van der Waals surface area contributed by atoms with Crippen molar-refractivity contribution in [1.82, 2.24) is 9.97 Å². The van der Waals surface area contributed by atoms with Gasteiger partial charge in [0.25, 0.3) is 0 Å². The Morgan fingerprint density at radius 1 is 1.39 bits per heavy atom. The smallest absolute Gasteiger partial charge is 0.133 e. The third-order valence-electron chi connectivity index (χ3n) is 2.73. The fourth-order valence-electron chi connectivity index (χ4n) is 1.83. The zero-order valence-corrected chi connectivity index (χ0v) is 13.2. The number of thiophene rings is 1. The first kappa shape index (κ1) is 13.5. The van der Waals surface area contributed by atoms with Crippen LogP contribution < -0.4 is 5.32 Å². The van der Waals surface area contributed by atoms with Crippen molar-refractivity contribution in [2.75, 3.05) is 12.4 Å². The molecule has 0 saturated carbocycles. The Hall–Kier alpha value is -0.940. The second-order valence-electron chi connectivity index (χ2n) is 4.06. The molecule has 0 amide bonds. The zero-order chi connectivity index (χ0) is 13.1. The SMILES string of the molecule is CCCc1nc(NC)c(C)c(-c2sccc2Br)n1. The molecule has 18 heavy (non-hydrogen) atoms. The standard InChI is InChI=1S/C13H16BrN3S/c1-4-5-10-16-11(8(2)13(15-3)17-10)12-9(14)6-7-18-12/h6-7H,4-5H2,1-3H3,(H,15,16,17). The first-order chi connectivity index (χ1) is 8.67. The van der Waals surface area contributed by atoms with Crippen LogP contribution in [0.2, 0.25) is 0 Å². The number of aryl methyl sites for hydroxylation is 1. The second-order valence-corrected chi connectivity index (χ2v) is 5.83. The van der Waals surface area contributed by atoms with Crippen LogP contribution in [0, 0.1) is 6.92 Å². The van der Waals surface area contributed by atoms with Crippen molar-refractivity contribution in [3.63, 3.8) is 0 Å². The van der Waals surface area contributed by atoms with Crippen molar-refractivity contribution in [1.29, 1.82) is 0 Å². The normalized spacial score (nSPS) is 10.7. The molecule has 2 aromatic heterocycles. The first-order valence-electron chi connectivity index (χ1n) is 5.96. The average Bonchev–Trinajstić information content (AvgIpc) is 2.78. The van der Waals surface area contributed by atoms with Crippen LogP contribution in [-0.4, -0.2) is 17.0 Å². The summed E-state index contributed by atoms with van der Waals surface area (Å²) in [5, 5.41) is 5.22. The molecule has 1 N–H and O–H groups in total. The van der Waals surface area contributed by atoms with Gasteiger partial charge >= 0.3 is 0 Å². The lowest BCUT2D eigenvalue weighted by Gasteiger charge is -2.11. The number of rotatable bonds is 4. The number of nitrogens with one attached hydrogen (secondary N) is 1. The molecule has 0 unspecified atom stereocenters. The van der Waals surface area contributed by atoms with Crippen LogP contribution >= 0.6 is 27.3 Å². The summed E-state index contributed by atoms with van der Waals surface area (Å²) < 4.78 is 1.10. The van der Waals surface area contributed by atoms with E-state index >= 15 is 0 Å². The predicted octanol–water partition coefficient (Wildman–Crippen LogP) is 4.27. The Balaban J connectivity index is 2.58. The summed E-state index contributed by atoms with van der Waals surface area (Å²) in [6, 6.07) is 2.06. The Kier molecular flexibility index (Phi) is 4.35. The maximum atomic E-state index is 4.70. The Morgan fingerprint density at radius 3 is 2.72 bits per heavy atom. The number of hydrogen-bond donors (Lipinski definition) is 1. The number of anilines is 1. The first-order valence-corrected chi connectivity index (χ1v) is 7.63. The van der Waals surface area contributed by atoms with E-state index in [2.05, 4.69) is 51.5 Å². The van der Waals surface area contributed by atoms with Crippen LogP contribution in [0.5, 0.6) is 0 Å². The fourth-order valence-corrected chi connectivity index (χ4v) is 3.43. The van der Waals surface area contributed by atoms with E-state index in [0.717, 1.165) is 40.2 Å². The number of hydrogen-bond acceptors (Lipinski definition) is 4. The summed E-state index contributed by atoms with van der Waals surface area (Å²) >= 11 is 5.27. The van der Waals surface area contributed by atoms with Crippen LogP contribution in [0.1, 0.15) is 24.7 Å². The van der Waals surface area contributed by atoms with Crippen LogP contribution in [0.4, 0.5) is 5.82 Å². The van der Waals surface area contributed by atoms with E-state index in [-0.39, 0.29) is 0 Å². The van der Waals surface area contributed by atoms with Crippen LogP contribution in [-0.2, 0) is 6.42 Å². The summed E-state index contributed by atoms with van der Waals surface area (Å²) in [6.45, 7) is 4.20. The quantitative estimate of drug-likeness (QED) is 0.912. The van der Waals surface area contributed by atoms with Gasteiger partial charge in [-0.25, -0.2) is 9.97 Å². The minimum absolute atomic E-state index is 0.905. The molecule has 2 heterocycles. The molecule has 2 rings (SSSR count). The molecule has 96 valence electrons. The highest BCUT2D eigenvalue weighted by Gasteiger charge is 2.14. The van der Waals surface area contributed by atoms with Gasteiger partial charge in [0.15, 0.2) is 0 Å². The minimum Gasteiger partial charge on any atom is -0.373 e. The molecular formula is C13H16BrN3S. The number of aromatic nitrogens is 2. The Morgan fingerprint density at radius 2 is 2.17 bits per heavy atom. The molecule has 0 aliphatic carbocycles. The van der Waals surface area contributed by atoms with Gasteiger partial charge in [0, 0.05) is 23.5 Å². The molecule has 0 radical (unpaired) electrons. The third kappa shape index (κ3) is 2.57. The van der Waals surface area contributed by atoms with E-state index in [9.17, 15) is 0 Å². The highest BCUT2D eigenvalue weighted by Crippen LogP contribution is 2.35. The molecule has 0 fully saturated rings. The van der Waals surface area contributed by atoms with Crippen molar-refractivity contribution in [2.45, 2.75) is 26.7 Å². The van der Waals surface area contributed by atoms with Gasteiger partial charge in [-0.1, -0.05) is 6.92 Å². The fraction of sp³-hybridized carbons (Fsp3) is 0.385. The van der Waals surface area contributed by atoms with Gasteiger partial charge in [-0.05, 0) is 40.7 Å².